The summed E-state index contributed by atoms with van der Waals surface area (Å²) in [6, 6.07) is 19.8. The summed E-state index contributed by atoms with van der Waals surface area (Å²) in [7, 11) is 0. The molecule has 3 N–H and O–H groups in total. The standard InChI is InChI=1S/C26H22BrN3O2/c1-15-6-5-7-16(12-15)14-30-23-19(21(27)24(30)25(28)31)11-10-18-13-20(26(32)29-22(18)23)17-8-3-2-4-9-17/h2-9,12-13H,10-11,14H2,1H3,(H2,28,31)(H,29,32). The van der Waals surface area contributed by atoms with E-state index in [1.165, 1.54) is 0 Å². The number of nitrogens with two attached hydrogens (primary N) is 1. The first kappa shape index (κ1) is 20.5. The molecule has 5 nitrogen and oxygen atoms in total. The minimum Gasteiger partial charge on any atom is -0.364 e. The van der Waals surface area contributed by atoms with Crippen molar-refractivity contribution in [1.29, 1.82) is 0 Å². The van der Waals surface area contributed by atoms with Crippen LogP contribution in [0.3, 0.4) is 0 Å². The Bertz CT molecular complexity index is 1420. The number of hydrogen-bond donors (Lipinski definition) is 2. The highest BCUT2D eigenvalue weighted by Crippen LogP contribution is 2.41. The number of pyridine rings is 1. The highest BCUT2D eigenvalue weighted by atomic mass is 79.9. The predicted molar refractivity (Wildman–Crippen MR) is 130 cm³/mol. The molecule has 2 aromatic heterocycles. The van der Waals surface area contributed by atoms with Gasteiger partial charge in [-0.3, -0.25) is 9.59 Å². The fourth-order valence-corrected chi connectivity index (χ4v) is 5.42. The lowest BCUT2D eigenvalue weighted by Crippen LogP contribution is -2.20. The van der Waals surface area contributed by atoms with E-state index in [1.807, 2.05) is 66.1 Å². The van der Waals surface area contributed by atoms with Gasteiger partial charge in [0.15, 0.2) is 0 Å². The van der Waals surface area contributed by atoms with Crippen LogP contribution in [0.4, 0.5) is 0 Å². The first-order valence-corrected chi connectivity index (χ1v) is 11.3. The molecule has 5 rings (SSSR count). The van der Waals surface area contributed by atoms with Crippen molar-refractivity contribution in [2.45, 2.75) is 26.3 Å². The van der Waals surface area contributed by atoms with Gasteiger partial charge in [-0.25, -0.2) is 0 Å². The zero-order chi connectivity index (χ0) is 22.4. The van der Waals surface area contributed by atoms with Crippen molar-refractivity contribution in [2.24, 2.45) is 5.73 Å². The zero-order valence-corrected chi connectivity index (χ0v) is 19.2. The summed E-state index contributed by atoms with van der Waals surface area (Å²) in [5.41, 5.74) is 13.5. The SMILES string of the molecule is Cc1cccc(Cn2c(C(N)=O)c(Br)c3c2-c2[nH]c(=O)c(-c4ccccc4)cc2CC3)c1. The minimum atomic E-state index is -0.497. The smallest absolute Gasteiger partial charge is 0.266 e. The molecule has 160 valence electrons. The van der Waals surface area contributed by atoms with Crippen LogP contribution < -0.4 is 11.3 Å². The van der Waals surface area contributed by atoms with Gasteiger partial charge in [-0.15, -0.1) is 0 Å². The summed E-state index contributed by atoms with van der Waals surface area (Å²) in [6.45, 7) is 2.52. The summed E-state index contributed by atoms with van der Waals surface area (Å²) in [5, 5.41) is 0. The van der Waals surface area contributed by atoms with E-state index < -0.39 is 5.91 Å². The van der Waals surface area contributed by atoms with Crippen molar-refractivity contribution in [1.82, 2.24) is 9.55 Å². The van der Waals surface area contributed by atoms with Crippen LogP contribution in [-0.4, -0.2) is 15.5 Å². The second-order valence-electron chi connectivity index (χ2n) is 8.21. The van der Waals surface area contributed by atoms with E-state index in [-0.39, 0.29) is 5.56 Å². The highest BCUT2D eigenvalue weighted by molar-refractivity contribution is 9.10. The van der Waals surface area contributed by atoms with E-state index in [1.54, 1.807) is 0 Å². The molecule has 32 heavy (non-hydrogen) atoms. The molecule has 0 saturated carbocycles. The number of aromatic amines is 1. The Morgan fingerprint density at radius 3 is 2.59 bits per heavy atom. The lowest BCUT2D eigenvalue weighted by atomic mass is 9.92. The summed E-state index contributed by atoms with van der Waals surface area (Å²) < 4.78 is 2.65. The van der Waals surface area contributed by atoms with E-state index in [0.29, 0.717) is 22.3 Å². The van der Waals surface area contributed by atoms with Crippen molar-refractivity contribution in [3.63, 3.8) is 0 Å². The van der Waals surface area contributed by atoms with Crippen LogP contribution in [0, 0.1) is 6.92 Å². The van der Waals surface area contributed by atoms with E-state index in [4.69, 9.17) is 5.73 Å². The van der Waals surface area contributed by atoms with E-state index in [9.17, 15) is 9.59 Å². The molecule has 0 atom stereocenters. The van der Waals surface area contributed by atoms with E-state index in [2.05, 4.69) is 27.0 Å². The number of primary amides is 1. The molecule has 1 amide bonds. The number of amides is 1. The van der Waals surface area contributed by atoms with Crippen LogP contribution in [0.1, 0.15) is 32.7 Å². The number of halogens is 1. The Morgan fingerprint density at radius 1 is 1.09 bits per heavy atom. The number of H-pyrrole nitrogens is 1. The largest absolute Gasteiger partial charge is 0.364 e. The van der Waals surface area contributed by atoms with Crippen LogP contribution in [-0.2, 0) is 19.4 Å². The second kappa shape index (κ2) is 7.95. The van der Waals surface area contributed by atoms with Gasteiger partial charge in [-0.1, -0.05) is 60.2 Å². The molecule has 1 aliphatic carbocycles. The molecular formula is C26H22BrN3O2. The lowest BCUT2D eigenvalue weighted by molar-refractivity contribution is 0.0991. The fourth-order valence-electron chi connectivity index (χ4n) is 4.62. The topological polar surface area (TPSA) is 80.9 Å². The Labute approximate surface area is 194 Å². The quantitative estimate of drug-likeness (QED) is 0.432. The molecule has 0 spiro atoms. The number of carbonyl (C=O) groups excluding carboxylic acids is 1. The van der Waals surface area contributed by atoms with Crippen molar-refractivity contribution in [2.75, 3.05) is 0 Å². The minimum absolute atomic E-state index is 0.150. The second-order valence-corrected chi connectivity index (χ2v) is 9.00. The Balaban J connectivity index is 1.72. The first-order chi connectivity index (χ1) is 15.4. The number of carbonyl (C=O) groups is 1. The number of fused-ring (bicyclic) bond motifs is 3. The Kier molecular flexibility index (Phi) is 5.10. The third-order valence-electron chi connectivity index (χ3n) is 6.04. The van der Waals surface area contributed by atoms with Crippen LogP contribution in [0.15, 0.2) is 69.9 Å². The van der Waals surface area contributed by atoms with Crippen LogP contribution in [0.25, 0.3) is 22.5 Å². The molecule has 4 aromatic rings. The van der Waals surface area contributed by atoms with Crippen LogP contribution >= 0.6 is 15.9 Å². The molecule has 0 unspecified atom stereocenters. The molecule has 2 heterocycles. The highest BCUT2D eigenvalue weighted by Gasteiger charge is 2.30. The van der Waals surface area contributed by atoms with Gasteiger partial charge in [0.1, 0.15) is 5.69 Å². The van der Waals surface area contributed by atoms with Crippen molar-refractivity contribution < 1.29 is 4.79 Å². The van der Waals surface area contributed by atoms with Gasteiger partial charge in [-0.05, 0) is 64.0 Å². The summed E-state index contributed by atoms with van der Waals surface area (Å²) in [4.78, 5) is 28.6. The zero-order valence-electron chi connectivity index (χ0n) is 17.6. The Morgan fingerprint density at radius 2 is 1.88 bits per heavy atom. The number of rotatable bonds is 4. The molecule has 0 radical (unpaired) electrons. The summed E-state index contributed by atoms with van der Waals surface area (Å²) >= 11 is 3.62. The van der Waals surface area contributed by atoms with Crippen molar-refractivity contribution >= 4 is 21.8 Å². The predicted octanol–water partition coefficient (Wildman–Crippen LogP) is 4.83. The van der Waals surface area contributed by atoms with E-state index in [0.717, 1.165) is 52.0 Å². The van der Waals surface area contributed by atoms with Crippen LogP contribution in [0.2, 0.25) is 0 Å². The average Bonchev–Trinajstić information content (AvgIpc) is 3.06. The van der Waals surface area contributed by atoms with Gasteiger partial charge in [0.2, 0.25) is 0 Å². The maximum atomic E-state index is 13.1. The van der Waals surface area contributed by atoms with Crippen molar-refractivity contribution in [3.05, 3.63) is 103 Å². The van der Waals surface area contributed by atoms with Gasteiger partial charge in [0, 0.05) is 12.1 Å². The fraction of sp³-hybridized carbons (Fsp3) is 0.154. The van der Waals surface area contributed by atoms with Gasteiger partial charge in [0.05, 0.1) is 15.9 Å². The Hall–Kier alpha value is -3.38. The average molecular weight is 488 g/mol. The maximum Gasteiger partial charge on any atom is 0.266 e. The monoisotopic (exact) mass is 487 g/mol. The van der Waals surface area contributed by atoms with Crippen molar-refractivity contribution in [3.8, 4) is 22.5 Å². The normalized spacial score (nSPS) is 12.3. The summed E-state index contributed by atoms with van der Waals surface area (Å²) in [6.07, 6.45) is 1.52. The molecule has 0 fully saturated rings. The molecule has 0 saturated heterocycles. The molecular weight excluding hydrogens is 466 g/mol. The van der Waals surface area contributed by atoms with Gasteiger partial charge in [-0.2, -0.15) is 0 Å². The maximum absolute atomic E-state index is 13.1. The number of nitrogens with zero attached hydrogens (tertiary/aromatic N) is 1. The number of aromatic nitrogens is 2. The van der Waals surface area contributed by atoms with Gasteiger partial charge >= 0.3 is 0 Å². The third kappa shape index (κ3) is 3.41. The van der Waals surface area contributed by atoms with Crippen LogP contribution in [0.5, 0.6) is 0 Å². The molecule has 0 bridgehead atoms. The number of nitrogens with one attached hydrogen (secondary N) is 1. The number of hydrogen-bond acceptors (Lipinski definition) is 2. The first-order valence-electron chi connectivity index (χ1n) is 10.5. The van der Waals surface area contributed by atoms with Gasteiger partial charge in [0.25, 0.3) is 11.5 Å². The molecule has 0 aliphatic heterocycles. The third-order valence-corrected chi connectivity index (χ3v) is 6.90. The molecule has 1 aliphatic rings. The molecule has 2 aromatic carbocycles. The van der Waals surface area contributed by atoms with Gasteiger partial charge < -0.3 is 15.3 Å². The number of benzene rings is 2. The van der Waals surface area contributed by atoms with E-state index >= 15 is 0 Å². The molecule has 6 heteroatoms. The lowest BCUT2D eigenvalue weighted by Gasteiger charge is -2.21. The number of aryl methyl sites for hydroxylation is 2. The summed E-state index contributed by atoms with van der Waals surface area (Å²) in [5.74, 6) is -0.497.